The molecule has 2 aromatic rings. The van der Waals surface area contributed by atoms with Crippen LogP contribution in [0.1, 0.15) is 112 Å². The highest BCUT2D eigenvalue weighted by Gasteiger charge is 2.18. The van der Waals surface area contributed by atoms with Crippen LogP contribution >= 0.6 is 46.4 Å². The summed E-state index contributed by atoms with van der Waals surface area (Å²) in [5.74, 6) is -0.888. The lowest BCUT2D eigenvalue weighted by atomic mass is 10.1. The minimum Gasteiger partial charge on any atom is -0.462 e. The second kappa shape index (κ2) is 21.4. The van der Waals surface area contributed by atoms with E-state index in [0.717, 1.165) is 25.7 Å². The van der Waals surface area contributed by atoms with Gasteiger partial charge in [-0.05, 0) is 37.1 Å². The first-order valence-electron chi connectivity index (χ1n) is 13.6. The van der Waals surface area contributed by atoms with Crippen molar-refractivity contribution >= 4 is 58.3 Å². The molecule has 0 aliphatic carbocycles. The monoisotopic (exact) mass is 604 g/mol. The highest BCUT2D eigenvalue weighted by atomic mass is 35.5. The summed E-state index contributed by atoms with van der Waals surface area (Å²) in [6.07, 6.45) is 13.6. The van der Waals surface area contributed by atoms with E-state index in [2.05, 4.69) is 13.8 Å². The van der Waals surface area contributed by atoms with Gasteiger partial charge < -0.3 is 9.47 Å². The zero-order valence-electron chi connectivity index (χ0n) is 22.5. The first-order chi connectivity index (χ1) is 18.3. The minimum atomic E-state index is -0.444. The van der Waals surface area contributed by atoms with Crippen molar-refractivity contribution in [1.29, 1.82) is 0 Å². The molecule has 0 saturated carbocycles. The van der Waals surface area contributed by atoms with Crippen LogP contribution in [0.5, 0.6) is 0 Å². The van der Waals surface area contributed by atoms with Crippen molar-refractivity contribution < 1.29 is 19.1 Å². The van der Waals surface area contributed by atoms with Gasteiger partial charge in [0.05, 0.1) is 44.4 Å². The van der Waals surface area contributed by atoms with Crippen LogP contribution in [0.25, 0.3) is 0 Å². The van der Waals surface area contributed by atoms with Gasteiger partial charge in [0.25, 0.3) is 0 Å². The van der Waals surface area contributed by atoms with E-state index in [0.29, 0.717) is 44.4 Å². The minimum absolute atomic E-state index is 0.293. The van der Waals surface area contributed by atoms with Crippen LogP contribution in [0.3, 0.4) is 0 Å². The van der Waals surface area contributed by atoms with Crippen molar-refractivity contribution in [3.05, 3.63) is 67.6 Å². The van der Waals surface area contributed by atoms with E-state index >= 15 is 0 Å². The van der Waals surface area contributed by atoms with E-state index in [1.54, 1.807) is 36.4 Å². The molecule has 0 aliphatic heterocycles. The van der Waals surface area contributed by atoms with E-state index < -0.39 is 11.9 Å². The quantitative estimate of drug-likeness (QED) is 0.0826. The highest BCUT2D eigenvalue weighted by Crippen LogP contribution is 2.34. The van der Waals surface area contributed by atoms with Crippen LogP contribution in [0, 0.1) is 0 Å². The Hall–Kier alpha value is -1.46. The largest absolute Gasteiger partial charge is 0.462 e. The molecule has 4 nitrogen and oxygen atoms in total. The number of hydrogen-bond acceptors (Lipinski definition) is 4. The summed E-state index contributed by atoms with van der Waals surface area (Å²) in [5, 5.41) is 1.43. The maximum absolute atomic E-state index is 12.4. The highest BCUT2D eigenvalue weighted by molar-refractivity contribution is 6.51. The van der Waals surface area contributed by atoms with Gasteiger partial charge in [0.2, 0.25) is 0 Å². The number of ether oxygens (including phenoxy) is 2. The summed E-state index contributed by atoms with van der Waals surface area (Å²) in [6, 6.07) is 9.93. The van der Waals surface area contributed by atoms with Gasteiger partial charge in [0.1, 0.15) is 0 Å². The first kappa shape index (κ1) is 34.6. The van der Waals surface area contributed by atoms with Gasteiger partial charge in [0, 0.05) is 0 Å². The SMILES string of the molecule is CCCCCCCCOC(=O)c1ccccc1C(=O)OCCCCCCCC.Clc1ccc(Cl)c(Cl)c1Cl. The lowest BCUT2D eigenvalue weighted by molar-refractivity contribution is 0.0450. The number of halogens is 4. The van der Waals surface area contributed by atoms with Gasteiger partial charge in [-0.3, -0.25) is 0 Å². The number of esters is 2. The number of carbonyl (C=O) groups is 2. The molecule has 0 N–H and O–H groups in total. The van der Waals surface area contributed by atoms with Crippen molar-refractivity contribution in [3.8, 4) is 0 Å². The molecule has 0 fully saturated rings. The summed E-state index contributed by atoms with van der Waals surface area (Å²) in [6.45, 7) is 5.17. The molecule has 0 saturated heterocycles. The van der Waals surface area contributed by atoms with Gasteiger partial charge in [-0.25, -0.2) is 9.59 Å². The molecule has 0 bridgehead atoms. The number of carbonyl (C=O) groups excluding carboxylic acids is 2. The number of unbranched alkanes of at least 4 members (excludes halogenated alkanes) is 10. The summed E-state index contributed by atoms with van der Waals surface area (Å²) >= 11 is 22.5. The second-order valence-corrected chi connectivity index (χ2v) is 10.6. The fraction of sp³-hybridized carbons (Fsp3) is 0.533. The average molecular weight is 606 g/mol. The molecule has 0 heterocycles. The van der Waals surface area contributed by atoms with E-state index in [1.165, 1.54) is 51.4 Å². The van der Waals surface area contributed by atoms with Crippen molar-refractivity contribution in [3.63, 3.8) is 0 Å². The zero-order chi connectivity index (χ0) is 28.2. The molecule has 2 rings (SSSR count). The van der Waals surface area contributed by atoms with E-state index in [-0.39, 0.29) is 0 Å². The van der Waals surface area contributed by atoms with E-state index in [9.17, 15) is 9.59 Å². The lowest BCUT2D eigenvalue weighted by Gasteiger charge is -2.10. The summed E-state index contributed by atoms with van der Waals surface area (Å²) in [4.78, 5) is 24.7. The Bertz CT molecular complexity index is 889. The summed E-state index contributed by atoms with van der Waals surface area (Å²) in [5.41, 5.74) is 0.586. The normalized spacial score (nSPS) is 10.5. The Kier molecular flexibility index (Phi) is 19.4. The molecule has 0 aliphatic rings. The van der Waals surface area contributed by atoms with Crippen molar-refractivity contribution in [2.24, 2.45) is 0 Å². The molecule has 8 heteroatoms. The summed E-state index contributed by atoms with van der Waals surface area (Å²) in [7, 11) is 0. The number of benzene rings is 2. The maximum atomic E-state index is 12.4. The Balaban J connectivity index is 0.000000600. The van der Waals surface area contributed by atoms with Crippen LogP contribution < -0.4 is 0 Å². The Morgan fingerprint density at radius 3 is 1.26 bits per heavy atom. The Labute approximate surface area is 248 Å². The Morgan fingerprint density at radius 1 is 0.553 bits per heavy atom. The fourth-order valence-corrected chi connectivity index (χ4v) is 4.33. The molecule has 212 valence electrons. The molecule has 0 amide bonds. The topological polar surface area (TPSA) is 52.6 Å². The van der Waals surface area contributed by atoms with Gasteiger partial charge in [0.15, 0.2) is 0 Å². The van der Waals surface area contributed by atoms with Crippen molar-refractivity contribution in [2.45, 2.75) is 90.9 Å². The van der Waals surface area contributed by atoms with Crippen LogP contribution in [-0.2, 0) is 9.47 Å². The standard InChI is InChI=1S/C24H38O4.C6H2Cl4/c1-3-5-7-9-11-15-19-27-23(25)21-17-13-14-18-22(21)24(26)28-20-16-12-10-8-6-4-2;7-3-1-2-4(8)6(10)5(3)9/h13-14,17-18H,3-12,15-16,19-20H2,1-2H3;1-2H. The van der Waals surface area contributed by atoms with E-state index in [1.807, 2.05) is 0 Å². The van der Waals surface area contributed by atoms with Gasteiger partial charge in [-0.1, -0.05) is 137 Å². The average Bonchev–Trinajstić information content (AvgIpc) is 2.93. The van der Waals surface area contributed by atoms with Gasteiger partial charge in [-0.15, -0.1) is 0 Å². The van der Waals surface area contributed by atoms with Gasteiger partial charge in [-0.2, -0.15) is 0 Å². The van der Waals surface area contributed by atoms with Crippen LogP contribution in [0.2, 0.25) is 20.1 Å². The third kappa shape index (κ3) is 14.1. The second-order valence-electron chi connectivity index (χ2n) is 9.01. The molecule has 38 heavy (non-hydrogen) atoms. The molecule has 2 aromatic carbocycles. The van der Waals surface area contributed by atoms with Gasteiger partial charge >= 0.3 is 11.9 Å². The number of hydrogen-bond donors (Lipinski definition) is 0. The van der Waals surface area contributed by atoms with Crippen LogP contribution in [0.15, 0.2) is 36.4 Å². The summed E-state index contributed by atoms with van der Waals surface area (Å²) < 4.78 is 10.7. The van der Waals surface area contributed by atoms with Crippen molar-refractivity contribution in [2.75, 3.05) is 13.2 Å². The molecule has 0 radical (unpaired) electrons. The fourth-order valence-electron chi connectivity index (χ4n) is 3.59. The first-order valence-corrected chi connectivity index (χ1v) is 15.1. The molecule has 0 spiro atoms. The van der Waals surface area contributed by atoms with Crippen LogP contribution in [-0.4, -0.2) is 25.2 Å². The molecular weight excluding hydrogens is 566 g/mol. The molecule has 0 aromatic heterocycles. The molecular formula is C30H40Cl4O4. The van der Waals surface area contributed by atoms with Crippen molar-refractivity contribution in [1.82, 2.24) is 0 Å². The predicted molar refractivity (Wildman–Crippen MR) is 160 cm³/mol. The smallest absolute Gasteiger partial charge is 0.339 e. The number of rotatable bonds is 16. The lowest BCUT2D eigenvalue weighted by Crippen LogP contribution is -2.15. The zero-order valence-corrected chi connectivity index (χ0v) is 25.5. The van der Waals surface area contributed by atoms with E-state index in [4.69, 9.17) is 55.9 Å². The Morgan fingerprint density at radius 2 is 0.895 bits per heavy atom. The maximum Gasteiger partial charge on any atom is 0.339 e. The van der Waals surface area contributed by atoms with Crippen LogP contribution in [0.4, 0.5) is 0 Å². The molecule has 0 unspecified atom stereocenters. The third-order valence-corrected chi connectivity index (χ3v) is 7.52. The predicted octanol–water partition coefficient (Wildman–Crippen LogP) is 11.0. The third-order valence-electron chi connectivity index (χ3n) is 5.82. The molecule has 0 atom stereocenters.